The number of nitrogens with one attached hydrogen (secondary N) is 1. The van der Waals surface area contributed by atoms with Crippen molar-refractivity contribution < 1.29 is 22.5 Å². The molecule has 0 aliphatic rings. The smallest absolute Gasteiger partial charge is 0.329 e. The first kappa shape index (κ1) is 19.9. The monoisotopic (exact) mass is 364 g/mol. The number of carbonyl (C=O) groups is 1. The summed E-state index contributed by atoms with van der Waals surface area (Å²) >= 11 is 0. The first-order valence-corrected chi connectivity index (χ1v) is 6.89. The van der Waals surface area contributed by atoms with Crippen molar-refractivity contribution in [3.63, 3.8) is 0 Å². The summed E-state index contributed by atoms with van der Waals surface area (Å²) in [6, 6.07) is 5.40. The zero-order chi connectivity index (χ0) is 17.0. The van der Waals surface area contributed by atoms with Gasteiger partial charge in [0.05, 0.1) is 6.04 Å². The number of alkyl halides is 3. The van der Waals surface area contributed by atoms with Crippen LogP contribution in [-0.2, 0) is 11.0 Å². The largest absolute Gasteiger partial charge is 0.471 e. The van der Waals surface area contributed by atoms with E-state index in [-0.39, 0.29) is 24.1 Å². The van der Waals surface area contributed by atoms with E-state index in [1.807, 2.05) is 6.92 Å². The van der Waals surface area contributed by atoms with Gasteiger partial charge in [-0.05, 0) is 30.7 Å². The summed E-state index contributed by atoms with van der Waals surface area (Å²) in [5.41, 5.74) is 6.50. The Morgan fingerprint density at radius 2 is 1.96 bits per heavy atom. The van der Waals surface area contributed by atoms with Gasteiger partial charge in [-0.25, -0.2) is 0 Å². The molecule has 24 heavy (non-hydrogen) atoms. The van der Waals surface area contributed by atoms with Crippen LogP contribution in [0.4, 0.5) is 18.9 Å². The summed E-state index contributed by atoms with van der Waals surface area (Å²) in [5.74, 6) is -1.91. The zero-order valence-electron chi connectivity index (χ0n) is 12.6. The molecule has 0 bridgehead atoms. The lowest BCUT2D eigenvalue weighted by Crippen LogP contribution is -2.35. The number of nitrogens with zero attached hydrogens (tertiary/aromatic N) is 2. The van der Waals surface area contributed by atoms with Crippen LogP contribution in [0.2, 0.25) is 0 Å². The maximum atomic E-state index is 12.4. The minimum absolute atomic E-state index is 0. The summed E-state index contributed by atoms with van der Waals surface area (Å²) < 4.78 is 41.4. The molecule has 0 spiro atoms. The molecule has 0 radical (unpaired) electrons. The minimum atomic E-state index is -4.69. The van der Waals surface area contributed by atoms with Gasteiger partial charge in [-0.1, -0.05) is 18.5 Å². The average molecular weight is 365 g/mol. The number of benzene rings is 1. The third-order valence-electron chi connectivity index (χ3n) is 3.02. The lowest BCUT2D eigenvalue weighted by Gasteiger charge is -2.11. The number of amides is 1. The molecule has 0 saturated heterocycles. The predicted molar refractivity (Wildman–Crippen MR) is 83.5 cm³/mol. The van der Waals surface area contributed by atoms with Crippen LogP contribution in [0.3, 0.4) is 0 Å². The van der Waals surface area contributed by atoms with Crippen LogP contribution < -0.4 is 11.1 Å². The Labute approximate surface area is 142 Å². The zero-order valence-corrected chi connectivity index (χ0v) is 13.4. The topological polar surface area (TPSA) is 94.0 Å². The van der Waals surface area contributed by atoms with Crippen LogP contribution in [0.5, 0.6) is 0 Å². The fourth-order valence-corrected chi connectivity index (χ4v) is 1.84. The second kappa shape index (κ2) is 8.11. The summed E-state index contributed by atoms with van der Waals surface area (Å²) in [4.78, 5) is 15.1. The Hall–Kier alpha value is -2.13. The molecular weight excluding hydrogens is 349 g/mol. The predicted octanol–water partition coefficient (Wildman–Crippen LogP) is 3.24. The number of nitrogens with two attached hydrogens (primary N) is 1. The molecule has 0 saturated carbocycles. The highest BCUT2D eigenvalue weighted by Crippen LogP contribution is 2.29. The Bertz CT molecular complexity index is 673. The highest BCUT2D eigenvalue weighted by Gasteiger charge is 2.38. The third kappa shape index (κ3) is 4.93. The van der Waals surface area contributed by atoms with E-state index in [2.05, 4.69) is 20.0 Å². The first-order chi connectivity index (χ1) is 10.8. The van der Waals surface area contributed by atoms with Crippen molar-refractivity contribution in [1.29, 1.82) is 0 Å². The van der Waals surface area contributed by atoms with E-state index >= 15 is 0 Å². The van der Waals surface area contributed by atoms with E-state index in [0.717, 1.165) is 6.42 Å². The second-order valence-electron chi connectivity index (χ2n) is 4.88. The van der Waals surface area contributed by atoms with Gasteiger partial charge < -0.3 is 15.6 Å². The Morgan fingerprint density at radius 3 is 2.46 bits per heavy atom. The molecule has 10 heteroatoms. The number of carbonyl (C=O) groups excluding carboxylic acids is 1. The Kier molecular flexibility index (Phi) is 6.73. The molecule has 1 amide bonds. The molecule has 1 unspecified atom stereocenters. The Morgan fingerprint density at radius 1 is 1.33 bits per heavy atom. The van der Waals surface area contributed by atoms with Crippen molar-refractivity contribution in [2.75, 3.05) is 5.32 Å². The number of halogens is 4. The van der Waals surface area contributed by atoms with Crippen LogP contribution in [0.25, 0.3) is 11.4 Å². The lowest BCUT2D eigenvalue weighted by molar-refractivity contribution is -0.159. The number of rotatable bonds is 5. The van der Waals surface area contributed by atoms with Crippen LogP contribution in [-0.4, -0.2) is 22.1 Å². The molecule has 1 aromatic carbocycles. The van der Waals surface area contributed by atoms with Crippen molar-refractivity contribution >= 4 is 24.0 Å². The second-order valence-corrected chi connectivity index (χ2v) is 4.88. The van der Waals surface area contributed by atoms with Crippen molar-refractivity contribution in [2.24, 2.45) is 5.73 Å². The van der Waals surface area contributed by atoms with E-state index in [9.17, 15) is 18.0 Å². The van der Waals surface area contributed by atoms with Gasteiger partial charge in [0.25, 0.3) is 0 Å². The van der Waals surface area contributed by atoms with E-state index in [1.165, 1.54) is 24.3 Å². The SMILES string of the molecule is CCCC(N)C(=O)Nc1ccc(-c2noc(C(F)(F)F)n2)cc1.Cl. The van der Waals surface area contributed by atoms with Crippen molar-refractivity contribution in [3.8, 4) is 11.4 Å². The molecule has 6 nitrogen and oxygen atoms in total. The quantitative estimate of drug-likeness (QED) is 0.849. The maximum Gasteiger partial charge on any atom is 0.471 e. The van der Waals surface area contributed by atoms with Gasteiger partial charge in [0.2, 0.25) is 11.7 Å². The van der Waals surface area contributed by atoms with Gasteiger partial charge in [-0.3, -0.25) is 4.79 Å². The van der Waals surface area contributed by atoms with E-state index in [4.69, 9.17) is 5.73 Å². The number of anilines is 1. The fraction of sp³-hybridized carbons (Fsp3) is 0.357. The molecule has 0 aliphatic heterocycles. The van der Waals surface area contributed by atoms with Gasteiger partial charge in [0.15, 0.2) is 0 Å². The summed E-state index contributed by atoms with van der Waals surface area (Å²) in [6.07, 6.45) is -3.34. The van der Waals surface area contributed by atoms with Crippen LogP contribution >= 0.6 is 12.4 Å². The lowest BCUT2D eigenvalue weighted by atomic mass is 10.1. The van der Waals surface area contributed by atoms with Gasteiger partial charge >= 0.3 is 12.1 Å². The molecule has 0 aliphatic carbocycles. The molecule has 1 atom stereocenters. The van der Waals surface area contributed by atoms with Crippen LogP contribution in [0.15, 0.2) is 28.8 Å². The molecule has 2 aromatic rings. The first-order valence-electron chi connectivity index (χ1n) is 6.89. The fourth-order valence-electron chi connectivity index (χ4n) is 1.84. The molecule has 0 fully saturated rings. The van der Waals surface area contributed by atoms with E-state index in [0.29, 0.717) is 17.7 Å². The average Bonchev–Trinajstić information content (AvgIpc) is 2.98. The molecule has 3 N–H and O–H groups in total. The highest BCUT2D eigenvalue weighted by atomic mass is 35.5. The highest BCUT2D eigenvalue weighted by molar-refractivity contribution is 5.94. The minimum Gasteiger partial charge on any atom is -0.329 e. The summed E-state index contributed by atoms with van der Waals surface area (Å²) in [7, 11) is 0. The van der Waals surface area contributed by atoms with Gasteiger partial charge in [0.1, 0.15) is 0 Å². The molecule has 132 valence electrons. The molecular formula is C14H16ClF3N4O2. The Balaban J connectivity index is 0.00000288. The van der Waals surface area contributed by atoms with Gasteiger partial charge in [-0.2, -0.15) is 18.2 Å². The van der Waals surface area contributed by atoms with Crippen LogP contribution in [0.1, 0.15) is 25.7 Å². The van der Waals surface area contributed by atoms with Gasteiger partial charge in [0, 0.05) is 11.3 Å². The number of hydrogen-bond donors (Lipinski definition) is 2. The van der Waals surface area contributed by atoms with Crippen molar-refractivity contribution in [1.82, 2.24) is 10.1 Å². The van der Waals surface area contributed by atoms with Crippen LogP contribution in [0, 0.1) is 0 Å². The van der Waals surface area contributed by atoms with Gasteiger partial charge in [-0.15, -0.1) is 12.4 Å². The molecule has 1 aromatic heterocycles. The maximum absolute atomic E-state index is 12.4. The van der Waals surface area contributed by atoms with Crippen molar-refractivity contribution in [3.05, 3.63) is 30.2 Å². The molecule has 1 heterocycles. The molecule has 2 rings (SSSR count). The normalized spacial score (nSPS) is 12.4. The van der Waals surface area contributed by atoms with Crippen molar-refractivity contribution in [2.45, 2.75) is 32.0 Å². The standard InChI is InChI=1S/C14H15F3N4O2.ClH/c1-2-3-10(18)12(22)19-9-6-4-8(5-7-9)11-20-13(23-21-11)14(15,16)17;/h4-7,10H,2-3,18H2,1H3,(H,19,22);1H. The number of hydrogen-bond acceptors (Lipinski definition) is 5. The third-order valence-corrected chi connectivity index (χ3v) is 3.02. The van der Waals surface area contributed by atoms with E-state index < -0.39 is 18.1 Å². The summed E-state index contributed by atoms with van der Waals surface area (Å²) in [6.45, 7) is 1.92. The number of aromatic nitrogens is 2. The summed E-state index contributed by atoms with van der Waals surface area (Å²) in [5, 5.41) is 5.91. The van der Waals surface area contributed by atoms with E-state index in [1.54, 1.807) is 0 Å².